The molecule has 3 N–H and O–H groups in total. The second-order valence-corrected chi connectivity index (χ2v) is 6.96. The average Bonchev–Trinajstić information content (AvgIpc) is 2.72. The third kappa shape index (κ3) is 6.19. The molecule has 0 bridgehead atoms. The van der Waals surface area contributed by atoms with Crippen LogP contribution in [0.25, 0.3) is 0 Å². The lowest BCUT2D eigenvalue weighted by Crippen LogP contribution is -1.95. The van der Waals surface area contributed by atoms with Gasteiger partial charge >= 0.3 is 0 Å². The lowest BCUT2D eigenvalue weighted by Gasteiger charge is -2.13. The van der Waals surface area contributed by atoms with Crippen LogP contribution in [-0.2, 0) is 0 Å². The highest BCUT2D eigenvalue weighted by atomic mass is 35.5. The molecule has 0 atom stereocenters. The third-order valence-corrected chi connectivity index (χ3v) is 4.78. The molecule has 148 valence electrons. The van der Waals surface area contributed by atoms with Crippen molar-refractivity contribution < 1.29 is 9.47 Å². The van der Waals surface area contributed by atoms with Gasteiger partial charge in [0.25, 0.3) is 0 Å². The predicted octanol–water partition coefficient (Wildman–Crippen LogP) is 6.70. The van der Waals surface area contributed by atoms with Crippen molar-refractivity contribution in [1.29, 1.82) is 0 Å². The first-order chi connectivity index (χ1) is 13.5. The van der Waals surface area contributed by atoms with Gasteiger partial charge in [0.1, 0.15) is 11.5 Å². The highest BCUT2D eigenvalue weighted by Crippen LogP contribution is 2.34. The van der Waals surface area contributed by atoms with Crippen LogP contribution in [0.3, 0.4) is 0 Å². The van der Waals surface area contributed by atoms with Gasteiger partial charge in [-0.25, -0.2) is 0 Å². The fourth-order valence-electron chi connectivity index (χ4n) is 2.29. The molecule has 3 aromatic rings. The van der Waals surface area contributed by atoms with Gasteiger partial charge in [-0.2, -0.15) is 12.6 Å². The Hall–Kier alpha value is -2.15. The van der Waals surface area contributed by atoms with Crippen molar-refractivity contribution in [3.8, 4) is 17.2 Å². The van der Waals surface area contributed by atoms with Crippen LogP contribution >= 0.6 is 36.2 Å². The van der Waals surface area contributed by atoms with Crippen molar-refractivity contribution in [1.82, 2.24) is 0 Å². The van der Waals surface area contributed by atoms with E-state index >= 15 is 0 Å². The van der Waals surface area contributed by atoms with Gasteiger partial charge in [-0.3, -0.25) is 0 Å². The summed E-state index contributed by atoms with van der Waals surface area (Å²) in [5, 5.41) is 0.677. The Balaban J connectivity index is 0.00000136. The van der Waals surface area contributed by atoms with E-state index in [1.807, 2.05) is 61.5 Å². The molecule has 3 rings (SSSR count). The van der Waals surface area contributed by atoms with E-state index in [4.69, 9.17) is 26.8 Å². The Morgan fingerprint density at radius 3 is 2.32 bits per heavy atom. The molecule has 7 heteroatoms. The molecule has 0 unspecified atom stereocenters. The first-order valence-electron chi connectivity index (χ1n) is 8.40. The van der Waals surface area contributed by atoms with Crippen LogP contribution in [0, 0.1) is 6.92 Å². The van der Waals surface area contributed by atoms with Gasteiger partial charge in [0.05, 0.1) is 12.8 Å². The van der Waals surface area contributed by atoms with Crippen molar-refractivity contribution in [2.24, 2.45) is 0 Å². The Bertz CT molecular complexity index is 905. The van der Waals surface area contributed by atoms with Gasteiger partial charge in [0, 0.05) is 15.6 Å². The summed E-state index contributed by atoms with van der Waals surface area (Å²) in [6.45, 7) is 1.95. The Morgan fingerprint density at radius 2 is 1.68 bits per heavy atom. The zero-order valence-corrected chi connectivity index (χ0v) is 18.4. The summed E-state index contributed by atoms with van der Waals surface area (Å²) in [7, 11) is 1.65. The molecule has 0 heterocycles. The molecule has 0 aliphatic heterocycles. The summed E-state index contributed by atoms with van der Waals surface area (Å²) >= 11 is 11.0. The zero-order chi connectivity index (χ0) is 20.5. The predicted molar refractivity (Wildman–Crippen MR) is 125 cm³/mol. The van der Waals surface area contributed by atoms with Gasteiger partial charge in [-0.15, -0.1) is 0 Å². The maximum atomic E-state index is 6.06. The number of thiol groups is 1. The third-order valence-electron chi connectivity index (χ3n) is 3.72. The van der Waals surface area contributed by atoms with E-state index in [0.717, 1.165) is 27.6 Å². The van der Waals surface area contributed by atoms with Crippen LogP contribution in [0.2, 0.25) is 5.02 Å². The minimum Gasteiger partial charge on any atom is -0.497 e. The van der Waals surface area contributed by atoms with Crippen molar-refractivity contribution >= 4 is 47.6 Å². The number of benzene rings is 3. The second-order valence-electron chi connectivity index (χ2n) is 5.64. The molecule has 0 fully saturated rings. The summed E-state index contributed by atoms with van der Waals surface area (Å²) in [5.41, 5.74) is 8.56. The van der Waals surface area contributed by atoms with Crippen LogP contribution in [0.4, 0.5) is 11.4 Å². The van der Waals surface area contributed by atoms with Gasteiger partial charge < -0.3 is 19.9 Å². The Kier molecular flexibility index (Phi) is 8.70. The van der Waals surface area contributed by atoms with Crippen molar-refractivity contribution in [3.05, 3.63) is 71.2 Å². The number of methoxy groups -OCH3 is 1. The first kappa shape index (κ1) is 22.1. The maximum absolute atomic E-state index is 6.06. The van der Waals surface area contributed by atoms with E-state index in [2.05, 4.69) is 17.4 Å². The van der Waals surface area contributed by atoms with E-state index in [1.54, 1.807) is 19.4 Å². The number of nitrogens with two attached hydrogens (primary N) is 1. The van der Waals surface area contributed by atoms with E-state index < -0.39 is 0 Å². The molecule has 4 nitrogen and oxygen atoms in total. The number of aryl methyl sites for hydroxylation is 1. The Labute approximate surface area is 180 Å². The van der Waals surface area contributed by atoms with Crippen LogP contribution in [0.1, 0.15) is 5.56 Å². The van der Waals surface area contributed by atoms with Crippen LogP contribution < -0.4 is 19.9 Å². The van der Waals surface area contributed by atoms with Gasteiger partial charge in [0.15, 0.2) is 5.75 Å². The van der Waals surface area contributed by atoms with E-state index in [9.17, 15) is 0 Å². The average molecular weight is 435 g/mol. The smallest absolute Gasteiger partial charge is 0.151 e. The monoisotopic (exact) mass is 434 g/mol. The molecular formula is C21H23ClN2O2S2. The fraction of sp³-hybridized carbons (Fsp3) is 0.143. The minimum atomic E-state index is 0.577. The van der Waals surface area contributed by atoms with Crippen LogP contribution in [0.15, 0.2) is 65.6 Å². The molecule has 0 amide bonds. The molecule has 0 spiro atoms. The van der Waals surface area contributed by atoms with Gasteiger partial charge in [0.2, 0.25) is 0 Å². The highest BCUT2D eigenvalue weighted by Gasteiger charge is 2.07. The molecular weight excluding hydrogens is 412 g/mol. The highest BCUT2D eigenvalue weighted by molar-refractivity contribution is 8.00. The quantitative estimate of drug-likeness (QED) is 0.229. The van der Waals surface area contributed by atoms with Crippen LogP contribution in [-0.4, -0.2) is 13.4 Å². The molecule has 3 aromatic carbocycles. The largest absolute Gasteiger partial charge is 0.497 e. The van der Waals surface area contributed by atoms with Crippen molar-refractivity contribution in [2.75, 3.05) is 23.8 Å². The van der Waals surface area contributed by atoms with Crippen molar-refractivity contribution in [3.63, 3.8) is 0 Å². The second kappa shape index (κ2) is 11.0. The zero-order valence-electron chi connectivity index (χ0n) is 15.9. The lowest BCUT2D eigenvalue weighted by atomic mass is 10.2. The van der Waals surface area contributed by atoms with Gasteiger partial charge in [-0.05, 0) is 91.4 Å². The summed E-state index contributed by atoms with van der Waals surface area (Å²) in [6, 6.07) is 18.9. The SMILES string of the molecule is COc1ccc(NSc2ccc(N)c(Oc3ccc(Cl)cc3C)c2)cc1.CS. The number of anilines is 2. The molecule has 0 aromatic heterocycles. The summed E-state index contributed by atoms with van der Waals surface area (Å²) in [4.78, 5) is 0.983. The summed E-state index contributed by atoms with van der Waals surface area (Å²) in [5.74, 6) is 2.16. The topological polar surface area (TPSA) is 56.5 Å². The van der Waals surface area contributed by atoms with E-state index in [-0.39, 0.29) is 0 Å². The number of hydrogen-bond acceptors (Lipinski definition) is 6. The maximum Gasteiger partial charge on any atom is 0.151 e. The van der Waals surface area contributed by atoms with E-state index in [1.165, 1.54) is 11.9 Å². The van der Waals surface area contributed by atoms with Crippen LogP contribution in [0.5, 0.6) is 17.2 Å². The summed E-state index contributed by atoms with van der Waals surface area (Å²) in [6.07, 6.45) is 1.69. The molecule has 0 saturated carbocycles. The number of rotatable bonds is 6. The molecule has 0 saturated heterocycles. The van der Waals surface area contributed by atoms with E-state index in [0.29, 0.717) is 16.5 Å². The molecule has 28 heavy (non-hydrogen) atoms. The number of hydrogen-bond donors (Lipinski definition) is 3. The first-order valence-corrected chi connectivity index (χ1v) is 10.5. The standard InChI is InChI=1S/C20H19ClN2O2S.CH4S/c1-13-11-14(21)3-10-19(13)25-20-12-17(8-9-18(20)22)26-23-15-4-6-16(24-2)7-5-15;1-2/h3-12,23H,22H2,1-2H3;2H,1H3. The molecule has 0 radical (unpaired) electrons. The summed E-state index contributed by atoms with van der Waals surface area (Å²) < 4.78 is 14.4. The Morgan fingerprint density at radius 1 is 0.964 bits per heavy atom. The number of halogens is 1. The normalized spacial score (nSPS) is 9.89. The lowest BCUT2D eigenvalue weighted by molar-refractivity contribution is 0.415. The van der Waals surface area contributed by atoms with Crippen molar-refractivity contribution in [2.45, 2.75) is 11.8 Å². The number of nitrogens with one attached hydrogen (secondary N) is 1. The minimum absolute atomic E-state index is 0.577. The number of nitrogen functional groups attached to an aromatic ring is 1. The number of ether oxygens (including phenoxy) is 2. The molecule has 0 aliphatic rings. The molecule has 0 aliphatic carbocycles. The van der Waals surface area contributed by atoms with Gasteiger partial charge in [-0.1, -0.05) is 11.6 Å². The fourth-order valence-corrected chi connectivity index (χ4v) is 3.19.